The summed E-state index contributed by atoms with van der Waals surface area (Å²) in [4.78, 5) is 2.76. The van der Waals surface area contributed by atoms with E-state index in [2.05, 4.69) is 37.9 Å². The van der Waals surface area contributed by atoms with E-state index in [-0.39, 0.29) is 0 Å². The fraction of sp³-hybridized carbons (Fsp3) is 1.00. The molecule has 0 spiro atoms. The largest absolute Gasteiger partial charge is 0.311 e. The van der Waals surface area contributed by atoms with Gasteiger partial charge in [0, 0.05) is 25.2 Å². The highest BCUT2D eigenvalue weighted by molar-refractivity contribution is 4.84. The van der Waals surface area contributed by atoms with E-state index in [1.165, 1.54) is 71.0 Å². The summed E-state index contributed by atoms with van der Waals surface area (Å²) in [6.45, 7) is 13.1. The molecule has 2 unspecified atom stereocenters. The summed E-state index contributed by atoms with van der Waals surface area (Å²) in [6.07, 6.45) is 11.3. The molecule has 1 aliphatic heterocycles. The third kappa shape index (κ3) is 7.64. The van der Waals surface area contributed by atoms with E-state index in [1.807, 2.05) is 0 Å². The molecule has 1 N–H and O–H groups in total. The van der Waals surface area contributed by atoms with Gasteiger partial charge in [0.15, 0.2) is 0 Å². The molecule has 0 aromatic carbocycles. The van der Waals surface area contributed by atoms with Gasteiger partial charge in [-0.2, -0.15) is 0 Å². The first-order valence-corrected chi connectivity index (χ1v) is 9.11. The zero-order chi connectivity index (χ0) is 14.8. The molecule has 1 rings (SSSR count). The molecule has 1 fully saturated rings. The molecule has 2 nitrogen and oxygen atoms in total. The SMILES string of the molecule is CCCCCCCCCN1CC(C)NCC1CC(C)C. The summed E-state index contributed by atoms with van der Waals surface area (Å²) in [6, 6.07) is 1.44. The fourth-order valence-electron chi connectivity index (χ4n) is 3.35. The quantitative estimate of drug-likeness (QED) is 0.596. The Morgan fingerprint density at radius 1 is 1.05 bits per heavy atom. The molecule has 20 heavy (non-hydrogen) atoms. The average molecular weight is 283 g/mol. The van der Waals surface area contributed by atoms with Crippen molar-refractivity contribution in [1.29, 1.82) is 0 Å². The number of rotatable bonds is 10. The Balaban J connectivity index is 2.17. The van der Waals surface area contributed by atoms with Gasteiger partial charge in [0.25, 0.3) is 0 Å². The van der Waals surface area contributed by atoms with Crippen LogP contribution >= 0.6 is 0 Å². The molecule has 0 amide bonds. The number of hydrogen-bond donors (Lipinski definition) is 1. The van der Waals surface area contributed by atoms with Crippen molar-refractivity contribution in [3.8, 4) is 0 Å². The molecule has 0 aromatic rings. The van der Waals surface area contributed by atoms with Crippen LogP contribution in [-0.4, -0.2) is 36.6 Å². The second kappa shape index (κ2) is 10.6. The third-order valence-electron chi connectivity index (χ3n) is 4.52. The van der Waals surface area contributed by atoms with E-state index < -0.39 is 0 Å². The second-order valence-corrected chi connectivity index (χ2v) is 7.21. The van der Waals surface area contributed by atoms with Crippen LogP contribution in [0.25, 0.3) is 0 Å². The topological polar surface area (TPSA) is 15.3 Å². The highest BCUT2D eigenvalue weighted by Gasteiger charge is 2.25. The van der Waals surface area contributed by atoms with Crippen molar-refractivity contribution < 1.29 is 0 Å². The van der Waals surface area contributed by atoms with E-state index in [4.69, 9.17) is 0 Å². The molecule has 2 heteroatoms. The second-order valence-electron chi connectivity index (χ2n) is 7.21. The number of hydrogen-bond acceptors (Lipinski definition) is 2. The Bertz CT molecular complexity index is 227. The van der Waals surface area contributed by atoms with E-state index >= 15 is 0 Å². The van der Waals surface area contributed by atoms with Crippen LogP contribution in [-0.2, 0) is 0 Å². The highest BCUT2D eigenvalue weighted by Crippen LogP contribution is 2.17. The van der Waals surface area contributed by atoms with Crippen LogP contribution < -0.4 is 5.32 Å². The van der Waals surface area contributed by atoms with Gasteiger partial charge in [-0.15, -0.1) is 0 Å². The van der Waals surface area contributed by atoms with Gasteiger partial charge in [-0.25, -0.2) is 0 Å². The molecule has 120 valence electrons. The summed E-state index contributed by atoms with van der Waals surface area (Å²) >= 11 is 0. The van der Waals surface area contributed by atoms with Crippen LogP contribution in [0.1, 0.15) is 79.1 Å². The van der Waals surface area contributed by atoms with Gasteiger partial charge in [-0.05, 0) is 32.2 Å². The van der Waals surface area contributed by atoms with Crippen molar-refractivity contribution in [2.75, 3.05) is 19.6 Å². The first kappa shape index (κ1) is 18.0. The van der Waals surface area contributed by atoms with Crippen LogP contribution in [0.2, 0.25) is 0 Å². The van der Waals surface area contributed by atoms with Crippen molar-refractivity contribution >= 4 is 0 Å². The molecule has 0 aromatic heterocycles. The van der Waals surface area contributed by atoms with Crippen molar-refractivity contribution in [2.24, 2.45) is 5.92 Å². The average Bonchev–Trinajstić information content (AvgIpc) is 2.40. The third-order valence-corrected chi connectivity index (χ3v) is 4.52. The lowest BCUT2D eigenvalue weighted by Crippen LogP contribution is -2.55. The van der Waals surface area contributed by atoms with Crippen molar-refractivity contribution in [3.63, 3.8) is 0 Å². The van der Waals surface area contributed by atoms with E-state index in [0.29, 0.717) is 6.04 Å². The van der Waals surface area contributed by atoms with Crippen LogP contribution in [0.15, 0.2) is 0 Å². The number of unbranched alkanes of at least 4 members (excludes halogenated alkanes) is 6. The number of nitrogens with zero attached hydrogens (tertiary/aromatic N) is 1. The zero-order valence-corrected chi connectivity index (χ0v) is 14.5. The van der Waals surface area contributed by atoms with Gasteiger partial charge in [-0.1, -0.05) is 59.3 Å². The van der Waals surface area contributed by atoms with Gasteiger partial charge in [0.1, 0.15) is 0 Å². The molecule has 2 atom stereocenters. The molecule has 0 bridgehead atoms. The molecule has 0 saturated carbocycles. The van der Waals surface area contributed by atoms with Crippen LogP contribution in [0.3, 0.4) is 0 Å². The maximum absolute atomic E-state index is 3.65. The fourth-order valence-corrected chi connectivity index (χ4v) is 3.35. The highest BCUT2D eigenvalue weighted by atomic mass is 15.2. The maximum Gasteiger partial charge on any atom is 0.0223 e. The lowest BCUT2D eigenvalue weighted by Gasteiger charge is -2.40. The van der Waals surface area contributed by atoms with Gasteiger partial charge in [0.2, 0.25) is 0 Å². The number of nitrogens with one attached hydrogen (secondary N) is 1. The predicted octanol–water partition coefficient (Wildman–Crippen LogP) is 4.45. The van der Waals surface area contributed by atoms with E-state index in [9.17, 15) is 0 Å². The molecule has 1 aliphatic rings. The Hall–Kier alpha value is -0.0800. The Morgan fingerprint density at radius 3 is 2.35 bits per heavy atom. The lowest BCUT2D eigenvalue weighted by atomic mass is 9.98. The molecule has 0 radical (unpaired) electrons. The van der Waals surface area contributed by atoms with Gasteiger partial charge in [0.05, 0.1) is 0 Å². The van der Waals surface area contributed by atoms with E-state index in [1.54, 1.807) is 0 Å². The Labute approximate surface area is 127 Å². The van der Waals surface area contributed by atoms with Crippen molar-refractivity contribution in [3.05, 3.63) is 0 Å². The zero-order valence-electron chi connectivity index (χ0n) is 14.5. The Morgan fingerprint density at radius 2 is 1.70 bits per heavy atom. The van der Waals surface area contributed by atoms with Gasteiger partial charge in [-0.3, -0.25) is 4.90 Å². The lowest BCUT2D eigenvalue weighted by molar-refractivity contribution is 0.116. The first-order valence-electron chi connectivity index (χ1n) is 9.11. The van der Waals surface area contributed by atoms with Gasteiger partial charge >= 0.3 is 0 Å². The van der Waals surface area contributed by atoms with Crippen molar-refractivity contribution in [1.82, 2.24) is 10.2 Å². The monoisotopic (exact) mass is 282 g/mol. The maximum atomic E-state index is 3.65. The first-order chi connectivity index (χ1) is 9.63. The van der Waals surface area contributed by atoms with Crippen LogP contribution in [0.4, 0.5) is 0 Å². The Kier molecular flexibility index (Phi) is 9.54. The van der Waals surface area contributed by atoms with Crippen LogP contribution in [0.5, 0.6) is 0 Å². The summed E-state index contributed by atoms with van der Waals surface area (Å²) in [7, 11) is 0. The predicted molar refractivity (Wildman–Crippen MR) is 90.3 cm³/mol. The molecular weight excluding hydrogens is 244 g/mol. The minimum atomic E-state index is 0.669. The minimum Gasteiger partial charge on any atom is -0.311 e. The van der Waals surface area contributed by atoms with Gasteiger partial charge < -0.3 is 5.32 Å². The molecule has 1 saturated heterocycles. The summed E-state index contributed by atoms with van der Waals surface area (Å²) in [5, 5.41) is 3.65. The smallest absolute Gasteiger partial charge is 0.0223 e. The summed E-state index contributed by atoms with van der Waals surface area (Å²) in [5.41, 5.74) is 0. The van der Waals surface area contributed by atoms with Crippen molar-refractivity contribution in [2.45, 2.75) is 91.1 Å². The molecule has 0 aliphatic carbocycles. The molecular formula is C18H38N2. The summed E-state index contributed by atoms with van der Waals surface area (Å²) < 4.78 is 0. The van der Waals surface area contributed by atoms with E-state index in [0.717, 1.165) is 12.0 Å². The standard InChI is InChI=1S/C18H38N2/c1-5-6-7-8-9-10-11-12-20-15-17(4)19-14-18(20)13-16(2)3/h16-19H,5-15H2,1-4H3. The minimum absolute atomic E-state index is 0.669. The number of piperazine rings is 1. The summed E-state index contributed by atoms with van der Waals surface area (Å²) in [5.74, 6) is 0.812. The van der Waals surface area contributed by atoms with Crippen LogP contribution in [0, 0.1) is 5.92 Å². The normalized spacial score (nSPS) is 24.4. The molecule has 1 heterocycles.